The Morgan fingerprint density at radius 1 is 0.971 bits per heavy atom. The van der Waals surface area contributed by atoms with Gasteiger partial charge in [-0.2, -0.15) is 0 Å². The summed E-state index contributed by atoms with van der Waals surface area (Å²) in [5, 5.41) is 11.0. The van der Waals surface area contributed by atoms with Crippen molar-refractivity contribution in [1.29, 1.82) is 0 Å². The van der Waals surface area contributed by atoms with Crippen molar-refractivity contribution in [2.24, 2.45) is 0 Å². The van der Waals surface area contributed by atoms with E-state index in [4.69, 9.17) is 13.9 Å². The quantitative estimate of drug-likeness (QED) is 0.422. The van der Waals surface area contributed by atoms with Crippen molar-refractivity contribution in [2.45, 2.75) is 13.5 Å². The third-order valence-electron chi connectivity index (χ3n) is 6.08. The largest absolute Gasteiger partial charge is 0.507 e. The first-order chi connectivity index (χ1) is 17.1. The van der Waals surface area contributed by atoms with Crippen molar-refractivity contribution in [3.63, 3.8) is 0 Å². The number of aromatic nitrogens is 1. The van der Waals surface area contributed by atoms with Crippen LogP contribution in [0.5, 0.6) is 23.0 Å². The van der Waals surface area contributed by atoms with E-state index in [-0.39, 0.29) is 16.9 Å². The van der Waals surface area contributed by atoms with Crippen LogP contribution in [0.25, 0.3) is 11.0 Å². The molecule has 0 radical (unpaired) electrons. The van der Waals surface area contributed by atoms with Crippen LogP contribution in [-0.4, -0.2) is 47.8 Å². The van der Waals surface area contributed by atoms with E-state index in [1.54, 1.807) is 24.4 Å². The van der Waals surface area contributed by atoms with Crippen molar-refractivity contribution in [2.75, 3.05) is 37.7 Å². The number of aromatic hydroxyl groups is 1. The summed E-state index contributed by atoms with van der Waals surface area (Å²) in [6.07, 6.45) is 3.10. The second-order valence-corrected chi connectivity index (χ2v) is 8.30. The Morgan fingerprint density at radius 3 is 2.49 bits per heavy atom. The Balaban J connectivity index is 1.37. The van der Waals surface area contributed by atoms with Gasteiger partial charge in [-0.25, -0.2) is 4.98 Å². The molecular formula is C27H27N3O5. The van der Waals surface area contributed by atoms with E-state index < -0.39 is 0 Å². The summed E-state index contributed by atoms with van der Waals surface area (Å²) in [4.78, 5) is 22.1. The Morgan fingerprint density at radius 2 is 1.74 bits per heavy atom. The van der Waals surface area contributed by atoms with Gasteiger partial charge in [0.2, 0.25) is 11.2 Å². The molecule has 0 unspecified atom stereocenters. The zero-order valence-electron chi connectivity index (χ0n) is 19.5. The molecule has 0 atom stereocenters. The first-order valence-electron chi connectivity index (χ1n) is 11.7. The Kier molecular flexibility index (Phi) is 6.54. The maximum Gasteiger partial charge on any atom is 0.235 e. The number of hydrogen-bond donors (Lipinski definition) is 1. The topological polar surface area (TPSA) is 88.3 Å². The summed E-state index contributed by atoms with van der Waals surface area (Å²) >= 11 is 0. The molecule has 1 fully saturated rings. The Hall–Kier alpha value is -4.04. The van der Waals surface area contributed by atoms with Crippen molar-refractivity contribution in [1.82, 2.24) is 9.88 Å². The molecule has 8 nitrogen and oxygen atoms in total. The number of phenolic OH excluding ortho intramolecular Hbond substituents is 1. The van der Waals surface area contributed by atoms with Crippen molar-refractivity contribution in [3.05, 3.63) is 82.8 Å². The van der Waals surface area contributed by atoms with Crippen LogP contribution < -0.4 is 19.8 Å². The number of piperazine rings is 1. The van der Waals surface area contributed by atoms with E-state index in [9.17, 15) is 9.90 Å². The molecule has 3 heterocycles. The van der Waals surface area contributed by atoms with Gasteiger partial charge in [0.25, 0.3) is 0 Å². The molecule has 4 aromatic rings. The molecule has 0 bridgehead atoms. The molecular weight excluding hydrogens is 446 g/mol. The lowest BCUT2D eigenvalue weighted by Gasteiger charge is -2.35. The number of ether oxygens (including phenoxy) is 2. The number of anilines is 1. The molecule has 1 aliphatic rings. The van der Waals surface area contributed by atoms with Gasteiger partial charge in [-0.1, -0.05) is 18.2 Å². The predicted octanol–water partition coefficient (Wildman–Crippen LogP) is 4.41. The van der Waals surface area contributed by atoms with E-state index >= 15 is 0 Å². The zero-order valence-corrected chi connectivity index (χ0v) is 19.5. The lowest BCUT2D eigenvalue weighted by molar-refractivity contribution is 0.246. The fourth-order valence-electron chi connectivity index (χ4n) is 4.28. The van der Waals surface area contributed by atoms with Gasteiger partial charge in [0.05, 0.1) is 17.6 Å². The summed E-state index contributed by atoms with van der Waals surface area (Å²) in [5.74, 6) is 2.11. The lowest BCUT2D eigenvalue weighted by atomic mass is 10.1. The highest BCUT2D eigenvalue weighted by molar-refractivity contribution is 5.83. The standard InChI is InChI=1S/C27H27N3O5/c1-2-33-22-7-3-4-8-23(22)35-24-18-34-27-19(26(24)32)10-11-21(31)20(27)17-29-13-15-30(16-14-29)25-9-5-6-12-28-25/h3-12,18,31H,2,13-17H2,1H3. The molecule has 2 aromatic heterocycles. The van der Waals surface area contributed by atoms with E-state index in [1.165, 1.54) is 12.3 Å². The van der Waals surface area contributed by atoms with Crippen LogP contribution in [0.3, 0.4) is 0 Å². The van der Waals surface area contributed by atoms with Gasteiger partial charge in [-0.3, -0.25) is 9.69 Å². The first-order valence-corrected chi connectivity index (χ1v) is 11.7. The molecule has 1 N–H and O–H groups in total. The molecule has 1 saturated heterocycles. The number of para-hydroxylation sites is 2. The predicted molar refractivity (Wildman–Crippen MR) is 134 cm³/mol. The van der Waals surface area contributed by atoms with Gasteiger partial charge in [0.15, 0.2) is 11.5 Å². The summed E-state index contributed by atoms with van der Waals surface area (Å²) in [5.41, 5.74) is 0.651. The summed E-state index contributed by atoms with van der Waals surface area (Å²) < 4.78 is 17.3. The highest BCUT2D eigenvalue weighted by atomic mass is 16.5. The van der Waals surface area contributed by atoms with Crippen molar-refractivity contribution in [3.8, 4) is 23.0 Å². The molecule has 1 aliphatic heterocycles. The third-order valence-corrected chi connectivity index (χ3v) is 6.08. The van der Waals surface area contributed by atoms with Crippen LogP contribution in [0.2, 0.25) is 0 Å². The molecule has 0 aliphatic carbocycles. The number of phenols is 1. The number of hydrogen-bond acceptors (Lipinski definition) is 8. The maximum atomic E-state index is 13.2. The van der Waals surface area contributed by atoms with Crippen molar-refractivity contribution < 1.29 is 19.0 Å². The number of benzene rings is 2. The van der Waals surface area contributed by atoms with E-state index in [0.29, 0.717) is 41.2 Å². The minimum atomic E-state index is -0.307. The van der Waals surface area contributed by atoms with Gasteiger partial charge in [0.1, 0.15) is 23.4 Å². The minimum Gasteiger partial charge on any atom is -0.507 e. The number of nitrogens with zero attached hydrogens (tertiary/aromatic N) is 3. The highest BCUT2D eigenvalue weighted by Crippen LogP contribution is 2.33. The molecule has 8 heteroatoms. The fraction of sp³-hybridized carbons (Fsp3) is 0.259. The lowest BCUT2D eigenvalue weighted by Crippen LogP contribution is -2.46. The monoisotopic (exact) mass is 473 g/mol. The van der Waals surface area contributed by atoms with Crippen LogP contribution in [0.1, 0.15) is 12.5 Å². The van der Waals surface area contributed by atoms with Crippen LogP contribution >= 0.6 is 0 Å². The Bertz CT molecular complexity index is 1360. The van der Waals surface area contributed by atoms with Gasteiger partial charge in [-0.05, 0) is 43.3 Å². The first kappa shape index (κ1) is 22.7. The summed E-state index contributed by atoms with van der Waals surface area (Å²) in [6, 6.07) is 16.2. The second-order valence-electron chi connectivity index (χ2n) is 8.30. The molecule has 2 aromatic carbocycles. The van der Waals surface area contributed by atoms with E-state index in [0.717, 1.165) is 32.0 Å². The smallest absolute Gasteiger partial charge is 0.235 e. The summed E-state index contributed by atoms with van der Waals surface area (Å²) in [7, 11) is 0. The van der Waals surface area contributed by atoms with E-state index in [1.807, 2.05) is 37.3 Å². The normalized spacial score (nSPS) is 14.3. The third kappa shape index (κ3) is 4.79. The average molecular weight is 474 g/mol. The molecule has 0 saturated carbocycles. The van der Waals surface area contributed by atoms with Gasteiger partial charge < -0.3 is 23.9 Å². The highest BCUT2D eigenvalue weighted by Gasteiger charge is 2.22. The second kappa shape index (κ2) is 10.1. The number of fused-ring (bicyclic) bond motifs is 1. The number of rotatable bonds is 7. The molecule has 35 heavy (non-hydrogen) atoms. The average Bonchev–Trinajstić information content (AvgIpc) is 2.89. The van der Waals surface area contributed by atoms with Crippen molar-refractivity contribution >= 4 is 16.8 Å². The number of pyridine rings is 1. The summed E-state index contributed by atoms with van der Waals surface area (Å²) in [6.45, 7) is 6.07. The van der Waals surface area contributed by atoms with Crippen LogP contribution in [0, 0.1) is 0 Å². The van der Waals surface area contributed by atoms with Crippen LogP contribution in [0.15, 0.2) is 76.3 Å². The Labute approximate surface area is 203 Å². The van der Waals surface area contributed by atoms with E-state index in [2.05, 4.69) is 14.8 Å². The van der Waals surface area contributed by atoms with Crippen LogP contribution in [0.4, 0.5) is 5.82 Å². The van der Waals surface area contributed by atoms with Gasteiger partial charge in [-0.15, -0.1) is 0 Å². The molecule has 180 valence electrons. The maximum absolute atomic E-state index is 13.2. The van der Waals surface area contributed by atoms with Gasteiger partial charge >= 0.3 is 0 Å². The van der Waals surface area contributed by atoms with Crippen LogP contribution in [-0.2, 0) is 6.54 Å². The fourth-order valence-corrected chi connectivity index (χ4v) is 4.28. The molecule has 5 rings (SSSR count). The zero-order chi connectivity index (χ0) is 24.2. The molecule has 0 amide bonds. The minimum absolute atomic E-state index is 0.0604. The van der Waals surface area contributed by atoms with Gasteiger partial charge in [0, 0.05) is 38.9 Å². The SMILES string of the molecule is CCOc1ccccc1Oc1coc2c(CN3CCN(c4ccccn4)CC3)c(O)ccc2c1=O. The molecule has 0 spiro atoms.